The maximum Gasteiger partial charge on any atom is 0.234 e. The fourth-order valence-corrected chi connectivity index (χ4v) is 3.53. The van der Waals surface area contributed by atoms with Crippen LogP contribution in [0.5, 0.6) is 5.75 Å². The molecule has 1 aromatic heterocycles. The molecule has 0 radical (unpaired) electrons. The van der Waals surface area contributed by atoms with Gasteiger partial charge >= 0.3 is 0 Å². The molecule has 0 spiro atoms. The number of para-hydroxylation sites is 1. The number of carbonyl (C=O) groups is 1. The van der Waals surface area contributed by atoms with Crippen molar-refractivity contribution in [2.75, 3.05) is 11.1 Å². The molecule has 1 amide bonds. The molecule has 7 heteroatoms. The van der Waals surface area contributed by atoms with Crippen LogP contribution in [-0.2, 0) is 17.9 Å². The number of benzene rings is 2. The molecule has 0 aliphatic carbocycles. The van der Waals surface area contributed by atoms with Gasteiger partial charge in [0.15, 0.2) is 11.0 Å². The SMILES string of the molecule is CCn1c(COc2cc(C)ccc2C)nnc1SCC(=O)Nc1ccccc1. The Bertz CT molecular complexity index is 941. The van der Waals surface area contributed by atoms with Gasteiger partial charge < -0.3 is 14.6 Å². The van der Waals surface area contributed by atoms with Gasteiger partial charge in [-0.15, -0.1) is 10.2 Å². The molecule has 0 saturated carbocycles. The number of amides is 1. The van der Waals surface area contributed by atoms with Crippen LogP contribution in [0.15, 0.2) is 53.7 Å². The summed E-state index contributed by atoms with van der Waals surface area (Å²) in [7, 11) is 0. The summed E-state index contributed by atoms with van der Waals surface area (Å²) in [6.45, 7) is 7.13. The van der Waals surface area contributed by atoms with Gasteiger partial charge in [0, 0.05) is 12.2 Å². The first kappa shape index (κ1) is 19.9. The Hall–Kier alpha value is -2.80. The second-order valence-electron chi connectivity index (χ2n) is 6.40. The van der Waals surface area contributed by atoms with Gasteiger partial charge in [-0.05, 0) is 50.1 Å². The summed E-state index contributed by atoms with van der Waals surface area (Å²) in [6, 6.07) is 15.5. The van der Waals surface area contributed by atoms with Crippen LogP contribution in [0.25, 0.3) is 0 Å². The number of thioether (sulfide) groups is 1. The minimum absolute atomic E-state index is 0.0740. The van der Waals surface area contributed by atoms with Crippen LogP contribution in [0.2, 0.25) is 0 Å². The lowest BCUT2D eigenvalue weighted by Gasteiger charge is -2.11. The van der Waals surface area contributed by atoms with Crippen molar-refractivity contribution in [2.24, 2.45) is 0 Å². The molecule has 0 aliphatic heterocycles. The molecule has 0 atom stereocenters. The lowest BCUT2D eigenvalue weighted by molar-refractivity contribution is -0.113. The molecular formula is C21H24N4O2S. The van der Waals surface area contributed by atoms with Crippen LogP contribution >= 0.6 is 11.8 Å². The van der Waals surface area contributed by atoms with E-state index in [9.17, 15) is 4.79 Å². The maximum absolute atomic E-state index is 12.2. The Labute approximate surface area is 169 Å². The van der Waals surface area contributed by atoms with Crippen molar-refractivity contribution in [1.29, 1.82) is 0 Å². The largest absolute Gasteiger partial charge is 0.485 e. The molecule has 0 fully saturated rings. The van der Waals surface area contributed by atoms with Crippen molar-refractivity contribution in [3.8, 4) is 5.75 Å². The fourth-order valence-electron chi connectivity index (χ4n) is 2.70. The van der Waals surface area contributed by atoms with E-state index in [2.05, 4.69) is 21.6 Å². The summed E-state index contributed by atoms with van der Waals surface area (Å²) in [5.74, 6) is 1.79. The van der Waals surface area contributed by atoms with Gasteiger partial charge in [-0.2, -0.15) is 0 Å². The first-order valence-electron chi connectivity index (χ1n) is 9.16. The van der Waals surface area contributed by atoms with Crippen LogP contribution in [0, 0.1) is 13.8 Å². The quantitative estimate of drug-likeness (QED) is 0.577. The van der Waals surface area contributed by atoms with E-state index in [0.29, 0.717) is 18.3 Å². The number of hydrogen-bond donors (Lipinski definition) is 1. The van der Waals surface area contributed by atoms with E-state index in [1.54, 1.807) is 0 Å². The minimum atomic E-state index is -0.0740. The second-order valence-corrected chi connectivity index (χ2v) is 7.35. The highest BCUT2D eigenvalue weighted by Gasteiger charge is 2.14. The van der Waals surface area contributed by atoms with Crippen LogP contribution < -0.4 is 10.1 Å². The molecule has 28 heavy (non-hydrogen) atoms. The molecule has 3 aromatic rings. The molecular weight excluding hydrogens is 372 g/mol. The topological polar surface area (TPSA) is 69.0 Å². The van der Waals surface area contributed by atoms with Gasteiger partial charge in [0.05, 0.1) is 5.75 Å². The highest BCUT2D eigenvalue weighted by atomic mass is 32.2. The zero-order valence-electron chi connectivity index (χ0n) is 16.3. The monoisotopic (exact) mass is 396 g/mol. The highest BCUT2D eigenvalue weighted by Crippen LogP contribution is 2.22. The van der Waals surface area contributed by atoms with Crippen molar-refractivity contribution in [3.05, 3.63) is 65.5 Å². The maximum atomic E-state index is 12.2. The molecule has 0 bridgehead atoms. The molecule has 2 aromatic carbocycles. The van der Waals surface area contributed by atoms with Gasteiger partial charge in [-0.1, -0.05) is 42.1 Å². The molecule has 1 N–H and O–H groups in total. The third kappa shape index (κ3) is 5.13. The smallest absolute Gasteiger partial charge is 0.234 e. The number of hydrogen-bond acceptors (Lipinski definition) is 5. The number of rotatable bonds is 8. The van der Waals surface area contributed by atoms with Crippen molar-refractivity contribution in [1.82, 2.24) is 14.8 Å². The number of nitrogens with one attached hydrogen (secondary N) is 1. The average Bonchev–Trinajstić information content (AvgIpc) is 3.09. The molecule has 6 nitrogen and oxygen atoms in total. The standard InChI is InChI=1S/C21H24N4O2S/c1-4-25-19(13-27-18-12-15(2)10-11-16(18)3)23-24-21(25)28-14-20(26)22-17-8-6-5-7-9-17/h5-12H,4,13-14H2,1-3H3,(H,22,26). The van der Waals surface area contributed by atoms with E-state index in [-0.39, 0.29) is 11.7 Å². The average molecular weight is 397 g/mol. The number of anilines is 1. The lowest BCUT2D eigenvalue weighted by atomic mass is 10.1. The number of aromatic nitrogens is 3. The molecule has 146 valence electrons. The van der Waals surface area contributed by atoms with Crippen LogP contribution in [0.4, 0.5) is 5.69 Å². The third-order valence-electron chi connectivity index (χ3n) is 4.20. The van der Waals surface area contributed by atoms with Gasteiger partial charge in [-0.25, -0.2) is 0 Å². The molecule has 0 unspecified atom stereocenters. The van der Waals surface area contributed by atoms with E-state index in [1.165, 1.54) is 11.8 Å². The van der Waals surface area contributed by atoms with Gasteiger partial charge in [-0.3, -0.25) is 4.79 Å². The third-order valence-corrected chi connectivity index (χ3v) is 5.17. The summed E-state index contributed by atoms with van der Waals surface area (Å²) in [4.78, 5) is 12.2. The molecule has 1 heterocycles. The fraction of sp³-hybridized carbons (Fsp3) is 0.286. The molecule has 0 saturated heterocycles. The summed E-state index contributed by atoms with van der Waals surface area (Å²) < 4.78 is 7.93. The van der Waals surface area contributed by atoms with E-state index in [0.717, 1.165) is 28.4 Å². The van der Waals surface area contributed by atoms with E-state index in [4.69, 9.17) is 4.74 Å². The van der Waals surface area contributed by atoms with Gasteiger partial charge in [0.2, 0.25) is 5.91 Å². The second kappa shape index (κ2) is 9.41. The number of nitrogens with zero attached hydrogens (tertiary/aromatic N) is 3. The van der Waals surface area contributed by atoms with Gasteiger partial charge in [0.1, 0.15) is 12.4 Å². The number of carbonyl (C=O) groups excluding carboxylic acids is 1. The van der Waals surface area contributed by atoms with Crippen LogP contribution in [0.1, 0.15) is 23.9 Å². The van der Waals surface area contributed by atoms with Gasteiger partial charge in [0.25, 0.3) is 0 Å². The lowest BCUT2D eigenvalue weighted by Crippen LogP contribution is -2.14. The zero-order chi connectivity index (χ0) is 19.9. The summed E-state index contributed by atoms with van der Waals surface area (Å²) in [5, 5.41) is 12.1. The summed E-state index contributed by atoms with van der Waals surface area (Å²) >= 11 is 1.37. The molecule has 0 aliphatic rings. The van der Waals surface area contributed by atoms with Crippen molar-refractivity contribution in [2.45, 2.75) is 39.1 Å². The summed E-state index contributed by atoms with van der Waals surface area (Å²) in [6.07, 6.45) is 0. The van der Waals surface area contributed by atoms with Crippen molar-refractivity contribution >= 4 is 23.4 Å². The number of ether oxygens (including phenoxy) is 1. The highest BCUT2D eigenvalue weighted by molar-refractivity contribution is 7.99. The van der Waals surface area contributed by atoms with Crippen LogP contribution in [-0.4, -0.2) is 26.4 Å². The van der Waals surface area contributed by atoms with E-state index < -0.39 is 0 Å². The zero-order valence-corrected chi connectivity index (χ0v) is 17.1. The Morgan fingerprint density at radius 3 is 2.68 bits per heavy atom. The first-order chi connectivity index (χ1) is 13.6. The Kier molecular flexibility index (Phi) is 6.71. The first-order valence-corrected chi connectivity index (χ1v) is 10.1. The summed E-state index contributed by atoms with van der Waals surface area (Å²) in [5.41, 5.74) is 3.02. The predicted molar refractivity (Wildman–Crippen MR) is 112 cm³/mol. The molecule has 3 rings (SSSR count). The number of aryl methyl sites for hydroxylation is 2. The normalized spacial score (nSPS) is 10.7. The van der Waals surface area contributed by atoms with Crippen LogP contribution in [0.3, 0.4) is 0 Å². The minimum Gasteiger partial charge on any atom is -0.485 e. The Balaban J connectivity index is 1.60. The van der Waals surface area contributed by atoms with Crippen molar-refractivity contribution < 1.29 is 9.53 Å². The Morgan fingerprint density at radius 2 is 1.93 bits per heavy atom. The van der Waals surface area contributed by atoms with E-state index >= 15 is 0 Å². The predicted octanol–water partition coefficient (Wildman–Crippen LogP) is 4.22. The Morgan fingerprint density at radius 1 is 1.14 bits per heavy atom. The van der Waals surface area contributed by atoms with Crippen molar-refractivity contribution in [3.63, 3.8) is 0 Å². The van der Waals surface area contributed by atoms with E-state index in [1.807, 2.05) is 67.8 Å².